The van der Waals surface area contributed by atoms with Crippen molar-refractivity contribution in [1.29, 1.82) is 0 Å². The molecule has 2 aromatic rings. The van der Waals surface area contributed by atoms with Crippen LogP contribution in [0.4, 0.5) is 0 Å². The van der Waals surface area contributed by atoms with Gasteiger partial charge in [-0.2, -0.15) is 4.31 Å². The predicted octanol–water partition coefficient (Wildman–Crippen LogP) is 3.18. The molecule has 2 aliphatic rings. The molecule has 2 N–H and O–H groups in total. The number of hydrogen-bond acceptors (Lipinski definition) is 6. The van der Waals surface area contributed by atoms with Crippen molar-refractivity contribution < 1.29 is 27.5 Å². The van der Waals surface area contributed by atoms with Crippen molar-refractivity contribution in [3.63, 3.8) is 0 Å². The first kappa shape index (κ1) is 26.2. The van der Waals surface area contributed by atoms with Gasteiger partial charge >= 0.3 is 0 Å². The fraction of sp³-hybridized carbons (Fsp3) is 0.440. The van der Waals surface area contributed by atoms with Gasteiger partial charge in [0.25, 0.3) is 5.91 Å². The molecule has 2 amide bonds. The number of benzene rings is 2. The first-order valence-corrected chi connectivity index (χ1v) is 13.8. The van der Waals surface area contributed by atoms with E-state index in [2.05, 4.69) is 10.6 Å². The lowest BCUT2D eigenvalue weighted by atomic mass is 9.89. The van der Waals surface area contributed by atoms with Crippen LogP contribution in [0.3, 0.4) is 0 Å². The van der Waals surface area contributed by atoms with Crippen LogP contribution in [0.15, 0.2) is 47.4 Å². The van der Waals surface area contributed by atoms with Gasteiger partial charge in [0.1, 0.15) is 6.04 Å². The van der Waals surface area contributed by atoms with Gasteiger partial charge in [0.2, 0.25) is 22.7 Å². The third-order valence-corrected chi connectivity index (χ3v) is 8.79. The average Bonchev–Trinajstić information content (AvgIpc) is 3.35. The summed E-state index contributed by atoms with van der Waals surface area (Å²) in [5.74, 6) is 0.116. The molecule has 0 saturated carbocycles. The third kappa shape index (κ3) is 5.77. The Morgan fingerprint density at radius 3 is 2.39 bits per heavy atom. The predicted molar refractivity (Wildman–Crippen MR) is 135 cm³/mol. The highest BCUT2D eigenvalue weighted by Gasteiger charge is 2.36. The number of halogens is 1. The monoisotopic (exact) mass is 535 g/mol. The number of carbonyl (C=O) groups excluding carboxylic acids is 2. The van der Waals surface area contributed by atoms with Crippen LogP contribution in [0.2, 0.25) is 5.02 Å². The van der Waals surface area contributed by atoms with Gasteiger partial charge in [-0.05, 0) is 74.6 Å². The van der Waals surface area contributed by atoms with Crippen LogP contribution in [-0.4, -0.2) is 56.5 Å². The summed E-state index contributed by atoms with van der Waals surface area (Å²) in [6, 6.07) is 10.0. The average molecular weight is 536 g/mol. The number of fused-ring (bicyclic) bond motifs is 1. The highest BCUT2D eigenvalue weighted by atomic mass is 35.5. The number of piperidine rings is 1. The van der Waals surface area contributed by atoms with Gasteiger partial charge in [0.05, 0.1) is 4.90 Å². The van der Waals surface area contributed by atoms with E-state index in [1.54, 1.807) is 30.3 Å². The zero-order valence-electron chi connectivity index (χ0n) is 20.2. The Labute approximate surface area is 216 Å². The van der Waals surface area contributed by atoms with E-state index in [9.17, 15) is 18.0 Å². The Morgan fingerprint density at radius 2 is 1.72 bits per heavy atom. The van der Waals surface area contributed by atoms with E-state index in [-0.39, 0.29) is 42.6 Å². The van der Waals surface area contributed by atoms with Gasteiger partial charge in [-0.3, -0.25) is 9.59 Å². The van der Waals surface area contributed by atoms with E-state index in [4.69, 9.17) is 21.1 Å². The molecular formula is C25H30ClN3O6S. The first-order valence-electron chi connectivity index (χ1n) is 12.0. The van der Waals surface area contributed by atoms with Crippen molar-refractivity contribution in [1.82, 2.24) is 14.9 Å². The van der Waals surface area contributed by atoms with E-state index in [0.717, 1.165) is 6.42 Å². The Bertz CT molecular complexity index is 1210. The zero-order valence-corrected chi connectivity index (χ0v) is 21.8. The molecule has 4 rings (SSSR count). The molecule has 0 bridgehead atoms. The zero-order chi connectivity index (χ0) is 25.9. The van der Waals surface area contributed by atoms with Gasteiger partial charge in [-0.15, -0.1) is 0 Å². The number of sulfonamides is 1. The number of ether oxygens (including phenoxy) is 2. The molecule has 2 heterocycles. The van der Waals surface area contributed by atoms with Gasteiger partial charge in [-0.25, -0.2) is 8.42 Å². The maximum atomic E-state index is 13.2. The fourth-order valence-electron chi connectivity index (χ4n) is 4.30. The van der Waals surface area contributed by atoms with E-state index in [0.29, 0.717) is 34.9 Å². The van der Waals surface area contributed by atoms with Crippen LogP contribution in [0, 0.1) is 5.92 Å². The summed E-state index contributed by atoms with van der Waals surface area (Å²) in [4.78, 5) is 26.4. The Morgan fingerprint density at radius 1 is 1.06 bits per heavy atom. The largest absolute Gasteiger partial charge is 0.454 e. The molecule has 1 fully saturated rings. The summed E-state index contributed by atoms with van der Waals surface area (Å²) in [5.41, 5.74) is 0.350. The van der Waals surface area contributed by atoms with Crippen LogP contribution in [0.25, 0.3) is 0 Å². The van der Waals surface area contributed by atoms with Crippen LogP contribution in [0.5, 0.6) is 11.5 Å². The second kappa shape index (κ2) is 11.1. The number of hydrogen-bond donors (Lipinski definition) is 2. The Hall–Kier alpha value is -2.82. The van der Waals surface area contributed by atoms with Crippen molar-refractivity contribution in [2.75, 3.05) is 19.9 Å². The summed E-state index contributed by atoms with van der Waals surface area (Å²) in [7, 11) is -3.68. The minimum atomic E-state index is -3.68. The summed E-state index contributed by atoms with van der Waals surface area (Å²) >= 11 is 5.90. The van der Waals surface area contributed by atoms with Gasteiger partial charge in [0, 0.05) is 29.7 Å². The lowest BCUT2D eigenvalue weighted by molar-refractivity contribution is -0.125. The molecule has 11 heteroatoms. The van der Waals surface area contributed by atoms with E-state index in [1.165, 1.54) is 16.4 Å². The molecule has 36 heavy (non-hydrogen) atoms. The Kier molecular flexibility index (Phi) is 8.07. The number of nitrogens with one attached hydrogen (secondary N) is 2. The smallest absolute Gasteiger partial charge is 0.252 e. The fourth-order valence-corrected chi connectivity index (χ4v) is 5.90. The normalized spacial score (nSPS) is 17.9. The summed E-state index contributed by atoms with van der Waals surface area (Å²) < 4.78 is 38.2. The topological polar surface area (TPSA) is 114 Å². The van der Waals surface area contributed by atoms with Crippen molar-refractivity contribution in [2.24, 2.45) is 5.92 Å². The second-order valence-corrected chi connectivity index (χ2v) is 11.4. The summed E-state index contributed by atoms with van der Waals surface area (Å²) in [5, 5.41) is 6.30. The van der Waals surface area contributed by atoms with Crippen molar-refractivity contribution in [3.05, 3.63) is 53.1 Å². The van der Waals surface area contributed by atoms with Gasteiger partial charge < -0.3 is 20.1 Å². The van der Waals surface area contributed by atoms with Crippen molar-refractivity contribution in [2.45, 2.75) is 50.1 Å². The standard InChI is InChI=1S/C25H30ClN3O6S/c1-3-16(2)27-25(31)23(28-24(30)18-4-9-21-22(14-18)35-15-34-21)17-10-12-29(13-11-17)36(32,33)20-7-5-19(26)6-8-20/h4-9,14,16-17,23H,3,10-13,15H2,1-2H3,(H,27,31)(H,28,30). The number of nitrogens with zero attached hydrogens (tertiary/aromatic N) is 1. The van der Waals surface area contributed by atoms with Crippen LogP contribution in [0.1, 0.15) is 43.5 Å². The van der Waals surface area contributed by atoms with E-state index >= 15 is 0 Å². The molecule has 2 aliphatic heterocycles. The second-order valence-electron chi connectivity index (χ2n) is 9.03. The third-order valence-electron chi connectivity index (χ3n) is 6.63. The highest BCUT2D eigenvalue weighted by Crippen LogP contribution is 2.33. The van der Waals surface area contributed by atoms with Gasteiger partial charge in [-0.1, -0.05) is 18.5 Å². The number of rotatable bonds is 8. The molecular weight excluding hydrogens is 506 g/mol. The van der Waals surface area contributed by atoms with E-state index < -0.39 is 22.0 Å². The van der Waals surface area contributed by atoms with Crippen LogP contribution >= 0.6 is 11.6 Å². The molecule has 0 radical (unpaired) electrons. The molecule has 2 atom stereocenters. The quantitative estimate of drug-likeness (QED) is 0.536. The molecule has 0 aromatic heterocycles. The molecule has 1 saturated heterocycles. The van der Waals surface area contributed by atoms with Crippen molar-refractivity contribution in [3.8, 4) is 11.5 Å². The molecule has 2 unspecified atom stereocenters. The molecule has 2 aromatic carbocycles. The van der Waals surface area contributed by atoms with E-state index in [1.807, 2.05) is 13.8 Å². The summed E-state index contributed by atoms with van der Waals surface area (Å²) in [6.07, 6.45) is 1.59. The molecule has 0 spiro atoms. The van der Waals surface area contributed by atoms with Crippen molar-refractivity contribution >= 4 is 33.4 Å². The maximum absolute atomic E-state index is 13.2. The SMILES string of the molecule is CCC(C)NC(=O)C(NC(=O)c1ccc2c(c1)OCO2)C1CCN(S(=O)(=O)c2ccc(Cl)cc2)CC1. The lowest BCUT2D eigenvalue weighted by Gasteiger charge is -2.35. The molecule has 194 valence electrons. The number of carbonyl (C=O) groups is 2. The van der Waals surface area contributed by atoms with Gasteiger partial charge in [0.15, 0.2) is 11.5 Å². The molecule has 9 nitrogen and oxygen atoms in total. The maximum Gasteiger partial charge on any atom is 0.252 e. The Balaban J connectivity index is 1.48. The summed E-state index contributed by atoms with van der Waals surface area (Å²) in [6.45, 7) is 4.43. The first-order chi connectivity index (χ1) is 17.2. The minimum absolute atomic E-state index is 0.0622. The lowest BCUT2D eigenvalue weighted by Crippen LogP contribution is -2.55. The van der Waals surface area contributed by atoms with Crippen LogP contribution in [-0.2, 0) is 14.8 Å². The highest BCUT2D eigenvalue weighted by molar-refractivity contribution is 7.89. The van der Waals surface area contributed by atoms with Crippen LogP contribution < -0.4 is 20.1 Å². The number of amides is 2. The minimum Gasteiger partial charge on any atom is -0.454 e. The molecule has 0 aliphatic carbocycles.